The molecule has 2 N–H and O–H groups in total. The van der Waals surface area contributed by atoms with Gasteiger partial charge in [-0.3, -0.25) is 0 Å². The first-order valence-electron chi connectivity index (χ1n) is 7.15. The Morgan fingerprint density at radius 3 is 2.73 bits per heavy atom. The predicted molar refractivity (Wildman–Crippen MR) is 79.9 cm³/mol. The van der Waals surface area contributed by atoms with E-state index in [-0.39, 0.29) is 19.8 Å². The van der Waals surface area contributed by atoms with Crippen LogP contribution in [0.15, 0.2) is 22.6 Å². The van der Waals surface area contributed by atoms with Crippen molar-refractivity contribution in [3.05, 3.63) is 29.5 Å². The molecule has 0 amide bonds. The number of hydrogen-bond acceptors (Lipinski definition) is 6. The molecule has 0 saturated carbocycles. The molecule has 1 heterocycles. The van der Waals surface area contributed by atoms with Gasteiger partial charge >= 0.3 is 5.97 Å². The number of para-hydroxylation sites is 1. The van der Waals surface area contributed by atoms with Crippen molar-refractivity contribution < 1.29 is 28.9 Å². The van der Waals surface area contributed by atoms with E-state index in [2.05, 4.69) is 4.74 Å². The van der Waals surface area contributed by atoms with Gasteiger partial charge in [0, 0.05) is 30.6 Å². The van der Waals surface area contributed by atoms with E-state index in [1.165, 1.54) is 7.11 Å². The predicted octanol–water partition coefficient (Wildman–Crippen LogP) is 1.44. The highest BCUT2D eigenvalue weighted by Gasteiger charge is 2.17. The molecule has 6 nitrogen and oxygen atoms in total. The molecule has 1 aromatic heterocycles. The van der Waals surface area contributed by atoms with Crippen LogP contribution >= 0.6 is 0 Å². The fourth-order valence-electron chi connectivity index (χ4n) is 2.33. The third-order valence-electron chi connectivity index (χ3n) is 3.36. The molecule has 2 rings (SSSR count). The number of furan rings is 1. The van der Waals surface area contributed by atoms with Gasteiger partial charge in [0.2, 0.25) is 0 Å². The van der Waals surface area contributed by atoms with Crippen LogP contribution in [0.25, 0.3) is 11.0 Å². The number of carbonyl (C=O) groups is 1. The number of fused-ring (bicyclic) bond motifs is 1. The summed E-state index contributed by atoms with van der Waals surface area (Å²) in [5, 5.41) is 19.1. The maximum absolute atomic E-state index is 11.2. The molecular weight excluding hydrogens is 288 g/mol. The van der Waals surface area contributed by atoms with Gasteiger partial charge in [0.05, 0.1) is 7.11 Å². The number of hydrogen-bond donors (Lipinski definition) is 2. The largest absolute Gasteiger partial charge is 0.478 e. The van der Waals surface area contributed by atoms with Crippen molar-refractivity contribution in [1.29, 1.82) is 0 Å². The number of aryl methyl sites for hydroxylation is 1. The van der Waals surface area contributed by atoms with Crippen molar-refractivity contribution >= 4 is 16.9 Å². The number of esters is 1. The normalized spacial score (nSPS) is 10.9. The minimum absolute atomic E-state index is 0.00794. The molecule has 2 aromatic rings. The lowest BCUT2D eigenvalue weighted by Gasteiger charge is -2.05. The Kier molecular flexibility index (Phi) is 5.80. The average molecular weight is 308 g/mol. The summed E-state index contributed by atoms with van der Waals surface area (Å²) >= 11 is 0. The van der Waals surface area contributed by atoms with Gasteiger partial charge < -0.3 is 24.1 Å². The average Bonchev–Trinajstić information content (AvgIpc) is 2.89. The summed E-state index contributed by atoms with van der Waals surface area (Å²) in [4.78, 5) is 11.2. The van der Waals surface area contributed by atoms with Crippen molar-refractivity contribution in [3.63, 3.8) is 0 Å². The Bertz CT molecular complexity index is 631. The minimum Gasteiger partial charge on any atom is -0.478 e. The summed E-state index contributed by atoms with van der Waals surface area (Å²) in [6, 6.07) is 5.41. The molecule has 0 fully saturated rings. The first-order chi connectivity index (χ1) is 10.7. The van der Waals surface area contributed by atoms with Gasteiger partial charge in [0.1, 0.15) is 5.76 Å². The molecule has 6 heteroatoms. The van der Waals surface area contributed by atoms with E-state index in [1.54, 1.807) is 12.1 Å². The Hall–Kier alpha value is -2.05. The number of rotatable bonds is 8. The maximum Gasteiger partial charge on any atom is 0.343 e. The van der Waals surface area contributed by atoms with Crippen molar-refractivity contribution in [2.45, 2.75) is 19.3 Å². The Balaban J connectivity index is 2.36. The number of methoxy groups -OCH3 is 1. The first-order valence-corrected chi connectivity index (χ1v) is 7.15. The van der Waals surface area contributed by atoms with E-state index in [4.69, 9.17) is 14.3 Å². The molecule has 0 spiro atoms. The van der Waals surface area contributed by atoms with Crippen LogP contribution in [0.1, 0.15) is 17.7 Å². The first kappa shape index (κ1) is 16.3. The molecule has 0 radical (unpaired) electrons. The molecule has 0 unspecified atom stereocenters. The highest BCUT2D eigenvalue weighted by molar-refractivity contribution is 5.87. The summed E-state index contributed by atoms with van der Waals surface area (Å²) in [5.41, 5.74) is 1.46. The molecule has 0 aliphatic rings. The Labute approximate surface area is 128 Å². The van der Waals surface area contributed by atoms with Gasteiger partial charge in [-0.2, -0.15) is 0 Å². The SMILES string of the molecule is COC(=O)COc1cccc2c(CCO)c(CCCO)oc12. The molecule has 0 bridgehead atoms. The van der Waals surface area contributed by atoms with Gasteiger partial charge in [-0.15, -0.1) is 0 Å². The summed E-state index contributed by atoms with van der Waals surface area (Å²) in [7, 11) is 1.30. The van der Waals surface area contributed by atoms with E-state index >= 15 is 0 Å². The van der Waals surface area contributed by atoms with Crippen molar-refractivity contribution in [2.24, 2.45) is 0 Å². The molecular formula is C16H20O6. The van der Waals surface area contributed by atoms with Crippen molar-refractivity contribution in [1.82, 2.24) is 0 Å². The topological polar surface area (TPSA) is 89.1 Å². The lowest BCUT2D eigenvalue weighted by Crippen LogP contribution is -2.12. The summed E-state index contributed by atoms with van der Waals surface area (Å²) in [6.07, 6.45) is 1.63. The zero-order valence-corrected chi connectivity index (χ0v) is 12.5. The van der Waals surface area contributed by atoms with Crippen molar-refractivity contribution in [2.75, 3.05) is 26.9 Å². The number of carbonyl (C=O) groups excluding carboxylic acids is 1. The molecule has 0 aliphatic carbocycles. The van der Waals surface area contributed by atoms with Crippen LogP contribution < -0.4 is 4.74 Å². The van der Waals surface area contributed by atoms with Gasteiger partial charge in [0.25, 0.3) is 0 Å². The fraction of sp³-hybridized carbons (Fsp3) is 0.438. The molecule has 120 valence electrons. The standard InChI is InChI=1S/C16H20O6/c1-20-15(19)10-21-14-5-2-4-12-11(7-9-18)13(6-3-8-17)22-16(12)14/h2,4-5,17-18H,3,6-10H2,1H3. The third-order valence-corrected chi connectivity index (χ3v) is 3.36. The maximum atomic E-state index is 11.2. The third kappa shape index (κ3) is 3.58. The quantitative estimate of drug-likeness (QED) is 0.717. The van der Waals surface area contributed by atoms with E-state index < -0.39 is 5.97 Å². The van der Waals surface area contributed by atoms with Crippen molar-refractivity contribution in [3.8, 4) is 5.75 Å². The van der Waals surface area contributed by atoms with Crippen LogP contribution in [-0.4, -0.2) is 43.1 Å². The van der Waals surface area contributed by atoms with Crippen LogP contribution in [0.3, 0.4) is 0 Å². The fourth-order valence-corrected chi connectivity index (χ4v) is 2.33. The molecule has 0 saturated heterocycles. The van der Waals surface area contributed by atoms with Gasteiger partial charge in [-0.1, -0.05) is 12.1 Å². The molecule has 0 aliphatic heterocycles. The van der Waals surface area contributed by atoms with E-state index in [0.717, 1.165) is 16.7 Å². The second kappa shape index (κ2) is 7.82. The number of aliphatic hydroxyl groups excluding tert-OH is 2. The zero-order valence-electron chi connectivity index (χ0n) is 12.5. The lowest BCUT2D eigenvalue weighted by atomic mass is 10.1. The smallest absolute Gasteiger partial charge is 0.343 e. The Morgan fingerprint density at radius 2 is 2.05 bits per heavy atom. The summed E-state index contributed by atoms with van der Waals surface area (Å²) in [6.45, 7) is -0.118. The lowest BCUT2D eigenvalue weighted by molar-refractivity contribution is -0.142. The molecule has 1 aromatic carbocycles. The number of aliphatic hydroxyl groups is 2. The van der Waals surface area contributed by atoms with Crippen LogP contribution in [0, 0.1) is 0 Å². The monoisotopic (exact) mass is 308 g/mol. The van der Waals surface area contributed by atoms with Crippen LogP contribution in [-0.2, 0) is 22.4 Å². The van der Waals surface area contributed by atoms with E-state index in [9.17, 15) is 9.90 Å². The second-order valence-corrected chi connectivity index (χ2v) is 4.80. The number of benzene rings is 1. The second-order valence-electron chi connectivity index (χ2n) is 4.80. The van der Waals surface area contributed by atoms with E-state index in [0.29, 0.717) is 30.6 Å². The minimum atomic E-state index is -0.473. The Morgan fingerprint density at radius 1 is 1.23 bits per heavy atom. The van der Waals surface area contributed by atoms with Crippen LogP contribution in [0.2, 0.25) is 0 Å². The van der Waals surface area contributed by atoms with E-state index in [1.807, 2.05) is 6.07 Å². The van der Waals surface area contributed by atoms with Crippen LogP contribution in [0.5, 0.6) is 5.75 Å². The molecule has 22 heavy (non-hydrogen) atoms. The van der Waals surface area contributed by atoms with Gasteiger partial charge in [-0.05, 0) is 18.9 Å². The number of ether oxygens (including phenoxy) is 2. The van der Waals surface area contributed by atoms with Gasteiger partial charge in [-0.25, -0.2) is 4.79 Å². The molecule has 0 atom stereocenters. The summed E-state index contributed by atoms with van der Waals surface area (Å²) in [5.74, 6) is 0.712. The van der Waals surface area contributed by atoms with Crippen LogP contribution in [0.4, 0.5) is 0 Å². The van der Waals surface area contributed by atoms with Gasteiger partial charge in [0.15, 0.2) is 17.9 Å². The highest BCUT2D eigenvalue weighted by atomic mass is 16.6. The summed E-state index contributed by atoms with van der Waals surface area (Å²) < 4.78 is 15.8. The highest BCUT2D eigenvalue weighted by Crippen LogP contribution is 2.33. The zero-order chi connectivity index (χ0) is 15.9.